The quantitative estimate of drug-likeness (QED) is 0.790. The highest BCUT2D eigenvalue weighted by atomic mass is 16.2. The minimum absolute atomic E-state index is 0.0776. The Labute approximate surface area is 150 Å². The molecule has 0 N–H and O–H groups in total. The Morgan fingerprint density at radius 2 is 1.92 bits per heavy atom. The van der Waals surface area contributed by atoms with E-state index < -0.39 is 0 Å². The molecular formula is C19H30N4O2. The van der Waals surface area contributed by atoms with Crippen molar-refractivity contribution in [3.63, 3.8) is 0 Å². The minimum Gasteiger partial charge on any atom is -0.346 e. The maximum atomic E-state index is 12.6. The Kier molecular flexibility index (Phi) is 5.76. The third-order valence-corrected chi connectivity index (χ3v) is 5.70. The number of carbonyl (C=O) groups is 2. The van der Waals surface area contributed by atoms with Gasteiger partial charge in [0.2, 0.25) is 11.8 Å². The van der Waals surface area contributed by atoms with Gasteiger partial charge in [-0.3, -0.25) is 14.3 Å². The van der Waals surface area contributed by atoms with E-state index >= 15 is 0 Å². The van der Waals surface area contributed by atoms with Crippen LogP contribution in [0.4, 0.5) is 0 Å². The molecule has 1 saturated heterocycles. The van der Waals surface area contributed by atoms with Gasteiger partial charge in [0.15, 0.2) is 0 Å². The zero-order chi connectivity index (χ0) is 17.8. The molecular weight excluding hydrogens is 316 g/mol. The Morgan fingerprint density at radius 1 is 1.20 bits per heavy atom. The van der Waals surface area contributed by atoms with E-state index in [1.807, 2.05) is 41.0 Å². The number of aromatic nitrogens is 2. The number of hydrogen-bond donors (Lipinski definition) is 0. The van der Waals surface area contributed by atoms with Crippen LogP contribution in [-0.2, 0) is 23.1 Å². The van der Waals surface area contributed by atoms with Gasteiger partial charge in [-0.25, -0.2) is 0 Å². The third-order valence-electron chi connectivity index (χ3n) is 5.70. The summed E-state index contributed by atoms with van der Waals surface area (Å²) in [7, 11) is 3.82. The lowest BCUT2D eigenvalue weighted by Crippen LogP contribution is -2.46. The Morgan fingerprint density at radius 3 is 2.48 bits per heavy atom. The van der Waals surface area contributed by atoms with E-state index in [0.29, 0.717) is 5.91 Å². The molecule has 2 amide bonds. The predicted molar refractivity (Wildman–Crippen MR) is 95.8 cm³/mol. The molecule has 0 atom stereocenters. The molecule has 138 valence electrons. The molecule has 6 nitrogen and oxygen atoms in total. The summed E-state index contributed by atoms with van der Waals surface area (Å²) in [4.78, 5) is 28.8. The van der Waals surface area contributed by atoms with Crippen LogP contribution in [0.25, 0.3) is 0 Å². The van der Waals surface area contributed by atoms with Crippen LogP contribution in [0, 0.1) is 11.8 Å². The topological polar surface area (TPSA) is 58.4 Å². The van der Waals surface area contributed by atoms with Crippen LogP contribution in [0.3, 0.4) is 0 Å². The standard InChI is InChI=1S/C19H30N4O2/c1-21(10-4-5-15-13-20-22(2)14-15)18(24)17-8-11-23(12-9-17)19(25)16-6-3-7-16/h13-14,16-17H,3-12H2,1-2H3. The summed E-state index contributed by atoms with van der Waals surface area (Å²) in [6, 6.07) is 0. The van der Waals surface area contributed by atoms with Gasteiger partial charge in [0, 0.05) is 51.8 Å². The summed E-state index contributed by atoms with van der Waals surface area (Å²) in [5.41, 5.74) is 1.21. The van der Waals surface area contributed by atoms with Gasteiger partial charge in [-0.05, 0) is 44.1 Å². The molecule has 2 aliphatic rings. The molecule has 1 aliphatic heterocycles. The SMILES string of the molecule is CN(CCCc1cnn(C)c1)C(=O)C1CCN(C(=O)C2CCC2)CC1. The number of carbonyl (C=O) groups excluding carboxylic acids is 2. The lowest BCUT2D eigenvalue weighted by Gasteiger charge is -2.37. The van der Waals surface area contributed by atoms with Crippen molar-refractivity contribution in [1.29, 1.82) is 0 Å². The summed E-state index contributed by atoms with van der Waals surface area (Å²) in [6.07, 6.45) is 10.7. The second kappa shape index (κ2) is 8.02. The second-order valence-electron chi connectivity index (χ2n) is 7.61. The van der Waals surface area contributed by atoms with Gasteiger partial charge in [-0.2, -0.15) is 5.10 Å². The first kappa shape index (κ1) is 18.0. The van der Waals surface area contributed by atoms with Crippen LogP contribution < -0.4 is 0 Å². The van der Waals surface area contributed by atoms with Gasteiger partial charge in [0.1, 0.15) is 0 Å². The number of rotatable bonds is 6. The Bertz CT molecular complexity index is 600. The van der Waals surface area contributed by atoms with Gasteiger partial charge in [-0.15, -0.1) is 0 Å². The first-order valence-electron chi connectivity index (χ1n) is 9.56. The summed E-state index contributed by atoms with van der Waals surface area (Å²) < 4.78 is 1.81. The molecule has 0 aromatic carbocycles. The van der Waals surface area contributed by atoms with Crippen LogP contribution in [-0.4, -0.2) is 58.1 Å². The van der Waals surface area contributed by atoms with Crippen molar-refractivity contribution in [3.05, 3.63) is 18.0 Å². The summed E-state index contributed by atoms with van der Waals surface area (Å²) in [6.45, 7) is 2.26. The Hall–Kier alpha value is -1.85. The van der Waals surface area contributed by atoms with E-state index in [1.165, 1.54) is 12.0 Å². The van der Waals surface area contributed by atoms with Crippen LogP contribution in [0.2, 0.25) is 0 Å². The predicted octanol–water partition coefficient (Wildman–Crippen LogP) is 1.85. The largest absolute Gasteiger partial charge is 0.346 e. The van der Waals surface area contributed by atoms with Gasteiger partial charge in [-0.1, -0.05) is 6.42 Å². The van der Waals surface area contributed by atoms with Crippen molar-refractivity contribution < 1.29 is 9.59 Å². The Balaban J connectivity index is 1.38. The maximum absolute atomic E-state index is 12.6. The summed E-state index contributed by atoms with van der Waals surface area (Å²) in [5, 5.41) is 4.17. The molecule has 0 radical (unpaired) electrons. The average molecular weight is 346 g/mol. The van der Waals surface area contributed by atoms with E-state index in [2.05, 4.69) is 5.10 Å². The normalized spacial score (nSPS) is 18.9. The van der Waals surface area contributed by atoms with E-state index in [0.717, 1.165) is 58.2 Å². The lowest BCUT2D eigenvalue weighted by atomic mass is 9.83. The molecule has 25 heavy (non-hydrogen) atoms. The molecule has 1 saturated carbocycles. The molecule has 1 aromatic rings. The van der Waals surface area contributed by atoms with Crippen molar-refractivity contribution in [1.82, 2.24) is 19.6 Å². The van der Waals surface area contributed by atoms with E-state index in [9.17, 15) is 9.59 Å². The summed E-state index contributed by atoms with van der Waals surface area (Å²) in [5.74, 6) is 0.903. The van der Waals surface area contributed by atoms with Crippen LogP contribution in [0.1, 0.15) is 44.1 Å². The molecule has 6 heteroatoms. The van der Waals surface area contributed by atoms with Gasteiger partial charge >= 0.3 is 0 Å². The number of amides is 2. The number of nitrogens with zero attached hydrogens (tertiary/aromatic N) is 4. The lowest BCUT2D eigenvalue weighted by molar-refractivity contribution is -0.143. The fourth-order valence-electron chi connectivity index (χ4n) is 3.80. The average Bonchev–Trinajstić information content (AvgIpc) is 2.98. The van der Waals surface area contributed by atoms with Gasteiger partial charge in [0.25, 0.3) is 0 Å². The molecule has 1 aromatic heterocycles. The van der Waals surface area contributed by atoms with E-state index in [1.54, 1.807) is 0 Å². The number of hydrogen-bond acceptors (Lipinski definition) is 3. The van der Waals surface area contributed by atoms with E-state index in [-0.39, 0.29) is 17.7 Å². The molecule has 3 rings (SSSR count). The van der Waals surface area contributed by atoms with Crippen molar-refractivity contribution in [2.75, 3.05) is 26.7 Å². The summed E-state index contributed by atoms with van der Waals surface area (Å²) >= 11 is 0. The zero-order valence-electron chi connectivity index (χ0n) is 15.5. The molecule has 1 aliphatic carbocycles. The number of piperidine rings is 1. The highest BCUT2D eigenvalue weighted by Gasteiger charge is 2.33. The first-order valence-corrected chi connectivity index (χ1v) is 9.56. The first-order chi connectivity index (χ1) is 12.0. The smallest absolute Gasteiger partial charge is 0.225 e. The van der Waals surface area contributed by atoms with Crippen LogP contribution in [0.15, 0.2) is 12.4 Å². The highest BCUT2D eigenvalue weighted by molar-refractivity contribution is 5.81. The van der Waals surface area contributed by atoms with Crippen molar-refractivity contribution in [2.24, 2.45) is 18.9 Å². The highest BCUT2D eigenvalue weighted by Crippen LogP contribution is 2.30. The maximum Gasteiger partial charge on any atom is 0.225 e. The number of aryl methyl sites for hydroxylation is 2. The second-order valence-corrected chi connectivity index (χ2v) is 7.61. The van der Waals surface area contributed by atoms with Crippen LogP contribution >= 0.6 is 0 Å². The van der Waals surface area contributed by atoms with Crippen LogP contribution in [0.5, 0.6) is 0 Å². The zero-order valence-corrected chi connectivity index (χ0v) is 15.5. The minimum atomic E-state index is 0.0776. The monoisotopic (exact) mass is 346 g/mol. The molecule has 2 heterocycles. The van der Waals surface area contributed by atoms with Crippen molar-refractivity contribution in [3.8, 4) is 0 Å². The van der Waals surface area contributed by atoms with Gasteiger partial charge in [0.05, 0.1) is 6.20 Å². The van der Waals surface area contributed by atoms with Crippen molar-refractivity contribution >= 4 is 11.8 Å². The van der Waals surface area contributed by atoms with E-state index in [4.69, 9.17) is 0 Å². The molecule has 0 bridgehead atoms. The van der Waals surface area contributed by atoms with Crippen molar-refractivity contribution in [2.45, 2.75) is 44.9 Å². The molecule has 2 fully saturated rings. The van der Waals surface area contributed by atoms with Gasteiger partial charge < -0.3 is 9.80 Å². The fraction of sp³-hybridized carbons (Fsp3) is 0.737. The fourth-order valence-corrected chi connectivity index (χ4v) is 3.80. The molecule has 0 spiro atoms. The third kappa shape index (κ3) is 4.41. The number of likely N-dealkylation sites (tertiary alicyclic amines) is 1. The molecule has 0 unspecified atom stereocenters.